The SMILES string of the molecule is C=C(C)/C=C\C.C=C1C(c2ccccc2)=c2cc(-c3ccc(-n4c5ccccc5c5cc(-c6cc(C7C=CC(C)C7C)cc7c8c(oc67)CC(c6ccccc6)=C8)ccc54)cc3)ccc2=C(c2ccccc2)C12CC2/C=C\C. The molecule has 1 fully saturated rings. The van der Waals surface area contributed by atoms with Crippen LogP contribution in [0.5, 0.6) is 0 Å². The summed E-state index contributed by atoms with van der Waals surface area (Å²) < 4.78 is 9.40. The minimum Gasteiger partial charge on any atom is -0.459 e. The molecule has 5 atom stereocenters. The van der Waals surface area contributed by atoms with Crippen LogP contribution >= 0.6 is 0 Å². The van der Waals surface area contributed by atoms with Crippen molar-refractivity contribution in [2.45, 2.75) is 53.4 Å². The highest BCUT2D eigenvalue weighted by Gasteiger charge is 2.59. The fraction of sp³-hybridized carbons (Fsp3) is 0.158. The van der Waals surface area contributed by atoms with Crippen LogP contribution in [-0.4, -0.2) is 4.57 Å². The smallest absolute Gasteiger partial charge is 0.142 e. The summed E-state index contributed by atoms with van der Waals surface area (Å²) >= 11 is 0. The molecule has 2 nitrogen and oxygen atoms in total. The summed E-state index contributed by atoms with van der Waals surface area (Å²) in [4.78, 5) is 0. The van der Waals surface area contributed by atoms with E-state index < -0.39 is 0 Å². The standard InChI is InChI=1S/C70H55NO.C6H10/c1-5-17-54-42-70(54)45(4)67(48-20-11-7-12-21-48)62-36-50(29-34-58(62)68(70)49-22-13-8-14-23-49)47-27-31-55(32-28-47)71-64-25-16-15-24-57(64)60-37-51(30-35-65(60)71)59-39-53(56-33-26-43(2)44(56)3)40-63-61-38-52(41-66(61)72-69(59)63)46-18-9-6-10-19-46;1-4-5-6(2)3/h5-40,43-44,54,56H,4,41-42H2,1-3H3;4-5H,2H2,1,3H3/b17-5-;5-4-. The van der Waals surface area contributed by atoms with Crippen LogP contribution in [0, 0.1) is 23.2 Å². The molecule has 10 aromatic rings. The van der Waals surface area contributed by atoms with Crippen LogP contribution in [0.1, 0.15) is 80.5 Å². The van der Waals surface area contributed by atoms with E-state index in [0.29, 0.717) is 23.7 Å². The normalized spacial score (nSPS) is 20.3. The Hall–Kier alpha value is -8.72. The number of hydrogen-bond donors (Lipinski definition) is 0. The largest absolute Gasteiger partial charge is 0.459 e. The third kappa shape index (κ3) is 8.16. The van der Waals surface area contributed by atoms with E-state index in [2.05, 4.69) is 250 Å². The molecule has 0 radical (unpaired) electrons. The van der Waals surface area contributed by atoms with Gasteiger partial charge < -0.3 is 8.98 Å². The average Bonchev–Trinajstić information content (AvgIpc) is 3.69. The van der Waals surface area contributed by atoms with Crippen LogP contribution < -0.4 is 10.4 Å². The lowest BCUT2D eigenvalue weighted by atomic mass is 9.72. The summed E-state index contributed by atoms with van der Waals surface area (Å²) in [6, 6.07) is 69.8. The predicted molar refractivity (Wildman–Crippen MR) is 331 cm³/mol. The van der Waals surface area contributed by atoms with Gasteiger partial charge in [0.1, 0.15) is 11.3 Å². The number of hydrogen-bond acceptors (Lipinski definition) is 1. The van der Waals surface area contributed by atoms with E-state index in [9.17, 15) is 0 Å². The van der Waals surface area contributed by atoms with Gasteiger partial charge >= 0.3 is 0 Å². The van der Waals surface area contributed by atoms with Gasteiger partial charge in [-0.15, -0.1) is 0 Å². The summed E-state index contributed by atoms with van der Waals surface area (Å²) in [7, 11) is 0. The van der Waals surface area contributed by atoms with E-state index >= 15 is 0 Å². The van der Waals surface area contributed by atoms with E-state index in [1.54, 1.807) is 0 Å². The molecule has 380 valence electrons. The summed E-state index contributed by atoms with van der Waals surface area (Å²) in [5.41, 5.74) is 21.7. The molecular weight excluding hydrogens is 943 g/mol. The van der Waals surface area contributed by atoms with Gasteiger partial charge in [0.15, 0.2) is 0 Å². The first-order valence-electron chi connectivity index (χ1n) is 27.9. The van der Waals surface area contributed by atoms with Crippen molar-refractivity contribution in [2.75, 3.05) is 0 Å². The third-order valence-corrected chi connectivity index (χ3v) is 17.4. The zero-order chi connectivity index (χ0) is 53.2. The van der Waals surface area contributed by atoms with Crippen LogP contribution in [0.15, 0.2) is 253 Å². The zero-order valence-electron chi connectivity index (χ0n) is 45.4. The van der Waals surface area contributed by atoms with E-state index in [1.807, 2.05) is 26.0 Å². The number of furan rings is 1. The highest BCUT2D eigenvalue weighted by molar-refractivity contribution is 6.12. The van der Waals surface area contributed by atoms with Crippen LogP contribution in [0.3, 0.4) is 0 Å². The van der Waals surface area contributed by atoms with Crippen molar-refractivity contribution < 1.29 is 4.42 Å². The molecule has 1 saturated carbocycles. The first kappa shape index (κ1) is 48.9. The number of rotatable bonds is 9. The molecule has 2 heteroatoms. The third-order valence-electron chi connectivity index (χ3n) is 17.4. The zero-order valence-corrected chi connectivity index (χ0v) is 45.4. The number of para-hydroxylation sites is 1. The molecule has 14 rings (SSSR count). The van der Waals surface area contributed by atoms with Gasteiger partial charge in [0.05, 0.1) is 11.0 Å². The van der Waals surface area contributed by atoms with E-state index in [4.69, 9.17) is 11.0 Å². The van der Waals surface area contributed by atoms with E-state index in [0.717, 1.165) is 41.0 Å². The second-order valence-corrected chi connectivity index (χ2v) is 22.2. The Morgan fingerprint density at radius 2 is 1.28 bits per heavy atom. The molecule has 0 amide bonds. The lowest BCUT2D eigenvalue weighted by Crippen LogP contribution is -2.39. The molecule has 8 aromatic carbocycles. The molecule has 0 bridgehead atoms. The molecule has 78 heavy (non-hydrogen) atoms. The van der Waals surface area contributed by atoms with Gasteiger partial charge in [-0.25, -0.2) is 0 Å². The first-order chi connectivity index (χ1) is 38.1. The Morgan fingerprint density at radius 3 is 1.96 bits per heavy atom. The quantitative estimate of drug-likeness (QED) is 0.104. The summed E-state index contributed by atoms with van der Waals surface area (Å²) in [6.45, 7) is 19.5. The van der Waals surface area contributed by atoms with Gasteiger partial charge in [-0.2, -0.15) is 0 Å². The Bertz CT molecular complexity index is 4290. The van der Waals surface area contributed by atoms with Gasteiger partial charge in [0, 0.05) is 50.7 Å². The lowest BCUT2D eigenvalue weighted by molar-refractivity contribution is 0.453. The average molecular weight is 1010 g/mol. The van der Waals surface area contributed by atoms with Crippen molar-refractivity contribution in [3.05, 3.63) is 293 Å². The Morgan fingerprint density at radius 1 is 0.615 bits per heavy atom. The Balaban J connectivity index is 0.000000915. The van der Waals surface area contributed by atoms with Crippen molar-refractivity contribution in [3.63, 3.8) is 0 Å². The van der Waals surface area contributed by atoms with Crippen LogP contribution in [0.25, 0.3) is 83.5 Å². The molecule has 2 heterocycles. The summed E-state index contributed by atoms with van der Waals surface area (Å²) in [5.74, 6) is 2.87. The topological polar surface area (TPSA) is 18.1 Å². The summed E-state index contributed by atoms with van der Waals surface area (Å²) in [5, 5.41) is 6.23. The highest BCUT2D eigenvalue weighted by atomic mass is 16.3. The van der Waals surface area contributed by atoms with Gasteiger partial charge in [-0.05, 0) is 171 Å². The minimum absolute atomic E-state index is 0.136. The van der Waals surface area contributed by atoms with Crippen LogP contribution in [0.2, 0.25) is 0 Å². The molecule has 5 unspecified atom stereocenters. The van der Waals surface area contributed by atoms with Crippen molar-refractivity contribution in [1.82, 2.24) is 4.57 Å². The molecule has 0 saturated heterocycles. The molecule has 4 aliphatic carbocycles. The highest BCUT2D eigenvalue weighted by Crippen LogP contribution is 2.67. The van der Waals surface area contributed by atoms with Gasteiger partial charge in [0.2, 0.25) is 0 Å². The number of aromatic nitrogens is 1. The molecule has 0 aliphatic heterocycles. The molecule has 4 aliphatic rings. The predicted octanol–water partition coefficient (Wildman–Crippen LogP) is 18.6. The maximum Gasteiger partial charge on any atom is 0.142 e. The molecule has 0 N–H and O–H groups in total. The molecular formula is C76H65NO. The number of benzene rings is 8. The maximum atomic E-state index is 6.97. The fourth-order valence-corrected chi connectivity index (χ4v) is 13.4. The monoisotopic (exact) mass is 1010 g/mol. The van der Waals surface area contributed by atoms with Gasteiger partial charge in [-0.3, -0.25) is 0 Å². The van der Waals surface area contributed by atoms with E-state index in [1.165, 1.54) is 104 Å². The fourth-order valence-electron chi connectivity index (χ4n) is 13.4. The molecule has 2 aromatic heterocycles. The maximum absolute atomic E-state index is 6.97. The second-order valence-electron chi connectivity index (χ2n) is 22.2. The van der Waals surface area contributed by atoms with Crippen molar-refractivity contribution in [1.29, 1.82) is 0 Å². The van der Waals surface area contributed by atoms with Crippen molar-refractivity contribution >= 4 is 55.6 Å². The number of fused-ring (bicyclic) bond motifs is 7. The number of allylic oxidation sites excluding steroid dienone is 9. The number of nitrogens with zero attached hydrogens (tertiary/aromatic N) is 1. The van der Waals surface area contributed by atoms with Crippen LogP contribution in [-0.2, 0) is 6.42 Å². The van der Waals surface area contributed by atoms with Crippen LogP contribution in [0.4, 0.5) is 0 Å². The summed E-state index contributed by atoms with van der Waals surface area (Å²) in [6.07, 6.45) is 17.6. The van der Waals surface area contributed by atoms with Crippen molar-refractivity contribution in [2.24, 2.45) is 23.2 Å². The van der Waals surface area contributed by atoms with Gasteiger partial charge in [0.25, 0.3) is 0 Å². The minimum atomic E-state index is -0.136. The first-order valence-corrected chi connectivity index (χ1v) is 27.9. The van der Waals surface area contributed by atoms with Gasteiger partial charge in [-0.1, -0.05) is 209 Å². The van der Waals surface area contributed by atoms with Crippen molar-refractivity contribution in [3.8, 4) is 27.9 Å². The lowest BCUT2D eigenvalue weighted by Gasteiger charge is -2.31. The molecule has 1 spiro atoms. The van der Waals surface area contributed by atoms with E-state index in [-0.39, 0.29) is 5.41 Å². The Labute approximate surface area is 459 Å². The second kappa shape index (κ2) is 19.7. The Kier molecular flexibility index (Phi) is 12.3.